The molecule has 0 radical (unpaired) electrons. The van der Waals surface area contributed by atoms with Crippen molar-refractivity contribution in [3.63, 3.8) is 0 Å². The summed E-state index contributed by atoms with van der Waals surface area (Å²) in [7, 11) is 0. The molecule has 0 bridgehead atoms. The van der Waals surface area contributed by atoms with Gasteiger partial charge in [-0.2, -0.15) is 5.26 Å². The van der Waals surface area contributed by atoms with Crippen molar-refractivity contribution in [3.8, 4) is 6.07 Å². The summed E-state index contributed by atoms with van der Waals surface area (Å²) in [6.45, 7) is 5.79. The number of benzene rings is 1. The normalized spacial score (nSPS) is 12.1. The lowest BCUT2D eigenvalue weighted by atomic mass is 10.1. The molecule has 4 nitrogen and oxygen atoms in total. The summed E-state index contributed by atoms with van der Waals surface area (Å²) in [5.41, 5.74) is 3.86. The molecule has 0 spiro atoms. The molecule has 2 aromatic heterocycles. The molecule has 3 rings (SSSR count). The molecule has 0 saturated heterocycles. The molecule has 1 N–H and O–H groups in total. The maximum Gasteiger partial charge on any atom is 0.134 e. The number of aromatic nitrogens is 1. The average Bonchev–Trinajstić information content (AvgIpc) is 2.91. The Balaban J connectivity index is 1.94. The van der Waals surface area contributed by atoms with Crippen LogP contribution in [0.2, 0.25) is 0 Å². The first-order valence-corrected chi connectivity index (χ1v) is 7.22. The fourth-order valence-electron chi connectivity index (χ4n) is 2.60. The molecule has 0 aliphatic carbocycles. The maximum absolute atomic E-state index is 9.33. The molecule has 2 heterocycles. The average molecular weight is 291 g/mol. The Morgan fingerprint density at radius 3 is 2.73 bits per heavy atom. The number of nitrogens with zero attached hydrogens (tertiary/aromatic N) is 2. The number of hydrogen-bond donors (Lipinski definition) is 1. The third-order valence-electron chi connectivity index (χ3n) is 3.68. The second-order valence-electron chi connectivity index (χ2n) is 5.44. The van der Waals surface area contributed by atoms with Crippen LogP contribution < -0.4 is 5.32 Å². The minimum atomic E-state index is -0.0410. The molecule has 110 valence electrons. The summed E-state index contributed by atoms with van der Waals surface area (Å²) < 4.78 is 5.87. The summed E-state index contributed by atoms with van der Waals surface area (Å²) in [5, 5.41) is 13.8. The zero-order valence-corrected chi connectivity index (χ0v) is 12.8. The van der Waals surface area contributed by atoms with Crippen molar-refractivity contribution in [2.75, 3.05) is 5.32 Å². The number of fused-ring (bicyclic) bond motifs is 1. The molecule has 0 aliphatic heterocycles. The first-order chi connectivity index (χ1) is 10.6. The monoisotopic (exact) mass is 291 g/mol. The Hall–Kier alpha value is -2.80. The molecule has 1 atom stereocenters. The highest BCUT2D eigenvalue weighted by Crippen LogP contribution is 2.28. The maximum atomic E-state index is 9.33. The molecule has 0 fully saturated rings. The lowest BCUT2D eigenvalue weighted by molar-refractivity contribution is 0.526. The molecule has 0 amide bonds. The van der Waals surface area contributed by atoms with Gasteiger partial charge in [-0.1, -0.05) is 18.2 Å². The Kier molecular flexibility index (Phi) is 3.56. The summed E-state index contributed by atoms with van der Waals surface area (Å²) in [4.78, 5) is 4.33. The van der Waals surface area contributed by atoms with Crippen LogP contribution in [-0.4, -0.2) is 4.98 Å². The highest BCUT2D eigenvalue weighted by atomic mass is 16.3. The van der Waals surface area contributed by atoms with Gasteiger partial charge in [-0.25, -0.2) is 0 Å². The van der Waals surface area contributed by atoms with E-state index in [-0.39, 0.29) is 6.04 Å². The van der Waals surface area contributed by atoms with Crippen molar-refractivity contribution < 1.29 is 4.42 Å². The van der Waals surface area contributed by atoms with Gasteiger partial charge in [0.1, 0.15) is 17.4 Å². The largest absolute Gasteiger partial charge is 0.459 e. The predicted molar refractivity (Wildman–Crippen MR) is 86.7 cm³/mol. The molecule has 1 unspecified atom stereocenters. The van der Waals surface area contributed by atoms with Crippen molar-refractivity contribution in [2.45, 2.75) is 26.8 Å². The second-order valence-corrected chi connectivity index (χ2v) is 5.44. The van der Waals surface area contributed by atoms with E-state index < -0.39 is 0 Å². The van der Waals surface area contributed by atoms with Gasteiger partial charge in [-0.3, -0.25) is 4.98 Å². The molecule has 0 saturated carbocycles. The summed E-state index contributed by atoms with van der Waals surface area (Å²) >= 11 is 0. The van der Waals surface area contributed by atoms with Gasteiger partial charge < -0.3 is 9.73 Å². The number of rotatable bonds is 3. The van der Waals surface area contributed by atoms with Gasteiger partial charge in [0, 0.05) is 11.1 Å². The van der Waals surface area contributed by atoms with Crippen LogP contribution in [-0.2, 0) is 0 Å². The third-order valence-corrected chi connectivity index (χ3v) is 3.68. The van der Waals surface area contributed by atoms with E-state index in [0.717, 1.165) is 33.8 Å². The van der Waals surface area contributed by atoms with Crippen LogP contribution in [0.1, 0.15) is 35.7 Å². The van der Waals surface area contributed by atoms with Gasteiger partial charge >= 0.3 is 0 Å². The third kappa shape index (κ3) is 2.53. The number of nitriles is 1. The van der Waals surface area contributed by atoms with Gasteiger partial charge in [0.25, 0.3) is 0 Å². The lowest BCUT2D eigenvalue weighted by Gasteiger charge is -2.15. The molecule has 1 aromatic carbocycles. The van der Waals surface area contributed by atoms with E-state index in [0.29, 0.717) is 5.56 Å². The number of furan rings is 1. The topological polar surface area (TPSA) is 61.9 Å². The summed E-state index contributed by atoms with van der Waals surface area (Å²) in [6.07, 6.45) is 0. The predicted octanol–water partition coefficient (Wildman–Crippen LogP) is 4.49. The zero-order chi connectivity index (χ0) is 15.7. The first kappa shape index (κ1) is 14.2. The SMILES string of the molecule is Cc1cc(NC(C)c2cc3ccccc3o2)c(C#N)c(C)n1. The van der Waals surface area contributed by atoms with E-state index >= 15 is 0 Å². The van der Waals surface area contributed by atoms with Crippen molar-refractivity contribution in [1.29, 1.82) is 5.26 Å². The number of nitrogens with one attached hydrogen (secondary N) is 1. The lowest BCUT2D eigenvalue weighted by Crippen LogP contribution is -2.08. The molecule has 22 heavy (non-hydrogen) atoms. The fraction of sp³-hybridized carbons (Fsp3) is 0.222. The standard InChI is InChI=1S/C18H17N3O/c1-11-8-16(15(10-19)12(2)20-11)21-13(3)18-9-14-6-4-5-7-17(14)22-18/h4-9,13H,1-3H3,(H,20,21). The Morgan fingerprint density at radius 1 is 1.23 bits per heavy atom. The highest BCUT2D eigenvalue weighted by Gasteiger charge is 2.15. The molecule has 3 aromatic rings. The number of pyridine rings is 1. The second kappa shape index (κ2) is 5.53. The molecule has 0 aliphatic rings. The summed E-state index contributed by atoms with van der Waals surface area (Å²) in [6, 6.07) is 14.0. The van der Waals surface area contributed by atoms with E-state index in [1.165, 1.54) is 0 Å². The van der Waals surface area contributed by atoms with Gasteiger partial charge in [0.05, 0.1) is 23.0 Å². The highest BCUT2D eigenvalue weighted by molar-refractivity contribution is 5.78. The number of hydrogen-bond acceptors (Lipinski definition) is 4. The Bertz CT molecular complexity index is 841. The zero-order valence-electron chi connectivity index (χ0n) is 12.8. The van der Waals surface area contributed by atoms with Gasteiger partial charge in [-0.05, 0) is 39.0 Å². The quantitative estimate of drug-likeness (QED) is 0.772. The minimum Gasteiger partial charge on any atom is -0.459 e. The van der Waals surface area contributed by atoms with Crippen LogP contribution in [0.5, 0.6) is 0 Å². The van der Waals surface area contributed by atoms with Crippen molar-refractivity contribution in [1.82, 2.24) is 4.98 Å². The van der Waals surface area contributed by atoms with Crippen LogP contribution in [0.15, 0.2) is 40.8 Å². The van der Waals surface area contributed by atoms with E-state index in [9.17, 15) is 5.26 Å². The van der Waals surface area contributed by atoms with E-state index in [1.807, 2.05) is 57.2 Å². The van der Waals surface area contributed by atoms with Crippen molar-refractivity contribution >= 4 is 16.7 Å². The van der Waals surface area contributed by atoms with Crippen LogP contribution in [0, 0.1) is 25.2 Å². The Labute approximate surface area is 129 Å². The van der Waals surface area contributed by atoms with Crippen LogP contribution in [0.4, 0.5) is 5.69 Å². The van der Waals surface area contributed by atoms with Gasteiger partial charge in [0.15, 0.2) is 0 Å². The first-order valence-electron chi connectivity index (χ1n) is 7.22. The van der Waals surface area contributed by atoms with E-state index in [1.54, 1.807) is 0 Å². The number of aryl methyl sites for hydroxylation is 2. The van der Waals surface area contributed by atoms with Crippen molar-refractivity contribution in [2.24, 2.45) is 0 Å². The molecular weight excluding hydrogens is 274 g/mol. The van der Waals surface area contributed by atoms with Crippen molar-refractivity contribution in [3.05, 3.63) is 59.1 Å². The smallest absolute Gasteiger partial charge is 0.134 e. The number of para-hydroxylation sites is 1. The number of anilines is 1. The van der Waals surface area contributed by atoms with Crippen LogP contribution >= 0.6 is 0 Å². The van der Waals surface area contributed by atoms with Gasteiger partial charge in [-0.15, -0.1) is 0 Å². The molecular formula is C18H17N3O. The minimum absolute atomic E-state index is 0.0410. The van der Waals surface area contributed by atoms with E-state index in [2.05, 4.69) is 16.4 Å². The van der Waals surface area contributed by atoms with Gasteiger partial charge in [0.2, 0.25) is 0 Å². The van der Waals surface area contributed by atoms with Crippen LogP contribution in [0.25, 0.3) is 11.0 Å². The fourth-order valence-corrected chi connectivity index (χ4v) is 2.60. The van der Waals surface area contributed by atoms with E-state index in [4.69, 9.17) is 4.42 Å². The summed E-state index contributed by atoms with van der Waals surface area (Å²) in [5.74, 6) is 0.845. The Morgan fingerprint density at radius 2 is 2.00 bits per heavy atom. The van der Waals surface area contributed by atoms with Crippen LogP contribution in [0.3, 0.4) is 0 Å². The molecule has 4 heteroatoms.